The molecule has 0 bridgehead atoms. The van der Waals surface area contributed by atoms with Crippen LogP contribution in [0.4, 0.5) is 0 Å². The van der Waals surface area contributed by atoms with E-state index in [1.165, 1.54) is 12.8 Å². The lowest BCUT2D eigenvalue weighted by Crippen LogP contribution is -2.11. The van der Waals surface area contributed by atoms with Crippen molar-refractivity contribution in [3.63, 3.8) is 0 Å². The van der Waals surface area contributed by atoms with Crippen molar-refractivity contribution in [2.75, 3.05) is 7.11 Å². The van der Waals surface area contributed by atoms with Crippen LogP contribution in [-0.2, 0) is 11.2 Å². The lowest BCUT2D eigenvalue weighted by atomic mass is 10.1. The largest absolute Gasteiger partial charge is 0.493 e. The highest BCUT2D eigenvalue weighted by atomic mass is 35.5. The third-order valence-corrected chi connectivity index (χ3v) is 3.81. The predicted molar refractivity (Wildman–Crippen MR) is 75.3 cm³/mol. The molecule has 3 nitrogen and oxygen atoms in total. The topological polar surface area (TPSA) is 35.5 Å². The van der Waals surface area contributed by atoms with E-state index in [4.69, 9.17) is 21.1 Å². The van der Waals surface area contributed by atoms with Gasteiger partial charge in [-0.15, -0.1) is 0 Å². The normalized spacial score (nSPS) is 15.5. The molecule has 0 saturated heterocycles. The van der Waals surface area contributed by atoms with Crippen molar-refractivity contribution >= 4 is 17.9 Å². The molecule has 1 fully saturated rings. The van der Waals surface area contributed by atoms with Crippen LogP contribution in [0.25, 0.3) is 0 Å². The quantitative estimate of drug-likeness (QED) is 0.745. The Bertz CT molecular complexity index is 439. The minimum atomic E-state index is 0.269. The number of aldehydes is 1. The van der Waals surface area contributed by atoms with Gasteiger partial charge in [-0.05, 0) is 43.7 Å². The summed E-state index contributed by atoms with van der Waals surface area (Å²) in [5.74, 6) is 1.39. The fourth-order valence-corrected chi connectivity index (χ4v) is 2.67. The molecule has 0 heterocycles. The van der Waals surface area contributed by atoms with Gasteiger partial charge in [0.05, 0.1) is 13.2 Å². The summed E-state index contributed by atoms with van der Waals surface area (Å²) in [6, 6.07) is 3.68. The van der Waals surface area contributed by atoms with Crippen LogP contribution in [0.1, 0.15) is 37.7 Å². The van der Waals surface area contributed by atoms with Crippen molar-refractivity contribution in [2.24, 2.45) is 0 Å². The summed E-state index contributed by atoms with van der Waals surface area (Å²) in [6.45, 7) is 0. The maximum Gasteiger partial charge on any atom is 0.163 e. The Balaban J connectivity index is 2.17. The molecule has 19 heavy (non-hydrogen) atoms. The molecule has 0 unspecified atom stereocenters. The molecule has 2 rings (SSSR count). The fourth-order valence-electron chi connectivity index (χ4n) is 2.42. The third kappa shape index (κ3) is 3.63. The molecule has 1 aromatic rings. The average molecular weight is 283 g/mol. The van der Waals surface area contributed by atoms with Crippen molar-refractivity contribution in [1.82, 2.24) is 0 Å². The van der Waals surface area contributed by atoms with Crippen LogP contribution in [0.3, 0.4) is 0 Å². The predicted octanol–water partition coefficient (Wildman–Crippen LogP) is 3.80. The van der Waals surface area contributed by atoms with Gasteiger partial charge in [0.15, 0.2) is 11.5 Å². The zero-order valence-electron chi connectivity index (χ0n) is 11.2. The van der Waals surface area contributed by atoms with Crippen LogP contribution in [0.15, 0.2) is 12.1 Å². The van der Waals surface area contributed by atoms with E-state index < -0.39 is 0 Å². The molecule has 104 valence electrons. The Hall–Kier alpha value is -1.22. The molecule has 1 aromatic carbocycles. The number of halogens is 1. The van der Waals surface area contributed by atoms with E-state index in [2.05, 4.69) is 0 Å². The van der Waals surface area contributed by atoms with Gasteiger partial charge in [0, 0.05) is 17.5 Å². The molecule has 0 N–H and O–H groups in total. The number of aryl methyl sites for hydroxylation is 1. The first-order valence-corrected chi connectivity index (χ1v) is 7.09. The maximum atomic E-state index is 10.4. The van der Waals surface area contributed by atoms with E-state index in [0.717, 1.165) is 24.7 Å². The van der Waals surface area contributed by atoms with Crippen LogP contribution < -0.4 is 9.47 Å². The molecular weight excluding hydrogens is 264 g/mol. The van der Waals surface area contributed by atoms with E-state index in [1.54, 1.807) is 13.2 Å². The summed E-state index contributed by atoms with van der Waals surface area (Å²) in [7, 11) is 1.62. The second kappa shape index (κ2) is 6.80. The lowest BCUT2D eigenvalue weighted by Gasteiger charge is -2.17. The summed E-state index contributed by atoms with van der Waals surface area (Å²) in [6.07, 6.45) is 6.88. The average Bonchev–Trinajstić information content (AvgIpc) is 2.91. The summed E-state index contributed by atoms with van der Waals surface area (Å²) in [5.41, 5.74) is 0.921. The first-order chi connectivity index (χ1) is 9.24. The van der Waals surface area contributed by atoms with E-state index in [-0.39, 0.29) is 6.10 Å². The molecule has 0 aromatic heterocycles. The molecule has 1 aliphatic rings. The summed E-state index contributed by atoms with van der Waals surface area (Å²) in [5, 5.41) is 0.635. The van der Waals surface area contributed by atoms with Gasteiger partial charge in [0.25, 0.3) is 0 Å². The van der Waals surface area contributed by atoms with Gasteiger partial charge in [-0.3, -0.25) is 0 Å². The zero-order valence-corrected chi connectivity index (χ0v) is 11.9. The molecule has 4 heteroatoms. The van der Waals surface area contributed by atoms with Gasteiger partial charge in [-0.1, -0.05) is 11.6 Å². The van der Waals surface area contributed by atoms with Crippen LogP contribution >= 0.6 is 11.6 Å². The van der Waals surface area contributed by atoms with Gasteiger partial charge in [-0.2, -0.15) is 0 Å². The van der Waals surface area contributed by atoms with E-state index >= 15 is 0 Å². The third-order valence-electron chi connectivity index (χ3n) is 3.46. The molecule has 1 saturated carbocycles. The Morgan fingerprint density at radius 2 is 2.05 bits per heavy atom. The molecule has 0 spiro atoms. The monoisotopic (exact) mass is 282 g/mol. The fraction of sp³-hybridized carbons (Fsp3) is 0.533. The van der Waals surface area contributed by atoms with Gasteiger partial charge >= 0.3 is 0 Å². The second-order valence-corrected chi connectivity index (χ2v) is 5.23. The van der Waals surface area contributed by atoms with Crippen LogP contribution in [0.2, 0.25) is 5.02 Å². The number of hydrogen-bond acceptors (Lipinski definition) is 3. The highest BCUT2D eigenvalue weighted by Gasteiger charge is 2.19. The van der Waals surface area contributed by atoms with E-state index in [9.17, 15) is 4.79 Å². The lowest BCUT2D eigenvalue weighted by molar-refractivity contribution is -0.107. The van der Waals surface area contributed by atoms with E-state index in [1.807, 2.05) is 6.07 Å². The number of ether oxygens (including phenoxy) is 2. The molecule has 0 radical (unpaired) electrons. The molecule has 0 amide bonds. The highest BCUT2D eigenvalue weighted by Crippen LogP contribution is 2.36. The van der Waals surface area contributed by atoms with Crippen molar-refractivity contribution in [1.29, 1.82) is 0 Å². The minimum absolute atomic E-state index is 0.269. The number of rotatable bonds is 6. The molecular formula is C15H19ClO3. The number of hydrogen-bond donors (Lipinski definition) is 0. The standard InChI is InChI=1S/C15H19ClO3/c1-18-14-9-11(5-4-8-17)13(16)10-15(14)19-12-6-2-3-7-12/h8-10,12H,2-7H2,1H3. The van der Waals surface area contributed by atoms with Crippen molar-refractivity contribution in [2.45, 2.75) is 44.6 Å². The van der Waals surface area contributed by atoms with Crippen molar-refractivity contribution < 1.29 is 14.3 Å². The summed E-state index contributed by atoms with van der Waals surface area (Å²) < 4.78 is 11.3. The first kappa shape index (κ1) is 14.2. The number of methoxy groups -OCH3 is 1. The summed E-state index contributed by atoms with van der Waals surface area (Å²) in [4.78, 5) is 10.4. The smallest absolute Gasteiger partial charge is 0.163 e. The number of benzene rings is 1. The Morgan fingerprint density at radius 3 is 2.68 bits per heavy atom. The van der Waals surface area contributed by atoms with Crippen molar-refractivity contribution in [3.8, 4) is 11.5 Å². The van der Waals surface area contributed by atoms with Crippen molar-refractivity contribution in [3.05, 3.63) is 22.7 Å². The Kier molecular flexibility index (Phi) is 5.08. The first-order valence-electron chi connectivity index (χ1n) is 6.71. The number of carbonyl (C=O) groups is 1. The number of carbonyl (C=O) groups excluding carboxylic acids is 1. The molecule has 0 aliphatic heterocycles. The Morgan fingerprint density at radius 1 is 1.32 bits per heavy atom. The SMILES string of the molecule is COc1cc(CCC=O)c(Cl)cc1OC1CCCC1. The van der Waals surface area contributed by atoms with Gasteiger partial charge < -0.3 is 14.3 Å². The molecule has 0 atom stereocenters. The van der Waals surface area contributed by atoms with Crippen LogP contribution in [0.5, 0.6) is 11.5 Å². The molecule has 1 aliphatic carbocycles. The summed E-state index contributed by atoms with van der Waals surface area (Å²) >= 11 is 6.23. The van der Waals surface area contributed by atoms with Gasteiger partial charge in [0.1, 0.15) is 6.29 Å². The van der Waals surface area contributed by atoms with E-state index in [0.29, 0.717) is 29.4 Å². The Labute approximate surface area is 118 Å². The van der Waals surface area contributed by atoms with Crippen LogP contribution in [-0.4, -0.2) is 19.5 Å². The minimum Gasteiger partial charge on any atom is -0.493 e. The second-order valence-electron chi connectivity index (χ2n) is 4.82. The highest BCUT2D eigenvalue weighted by molar-refractivity contribution is 6.31. The van der Waals surface area contributed by atoms with Gasteiger partial charge in [0.2, 0.25) is 0 Å². The zero-order chi connectivity index (χ0) is 13.7. The van der Waals surface area contributed by atoms with Crippen LogP contribution in [0, 0.1) is 0 Å². The van der Waals surface area contributed by atoms with Gasteiger partial charge in [-0.25, -0.2) is 0 Å². The maximum absolute atomic E-state index is 10.4.